The first kappa shape index (κ1) is 13.7. The van der Waals surface area contributed by atoms with Crippen molar-refractivity contribution in [3.05, 3.63) is 39.7 Å². The van der Waals surface area contributed by atoms with E-state index in [2.05, 4.69) is 4.99 Å². The summed E-state index contributed by atoms with van der Waals surface area (Å²) in [5.74, 6) is -2.19. The van der Waals surface area contributed by atoms with E-state index in [-0.39, 0.29) is 5.69 Å². The largest absolute Gasteiger partial charge is 0.419 e. The van der Waals surface area contributed by atoms with Crippen molar-refractivity contribution in [2.24, 2.45) is 10.7 Å². The van der Waals surface area contributed by atoms with Gasteiger partial charge in [-0.3, -0.25) is 0 Å². The maximum Gasteiger partial charge on any atom is 0.419 e. The summed E-state index contributed by atoms with van der Waals surface area (Å²) in [6.45, 7) is 0. The fourth-order valence-corrected chi connectivity index (χ4v) is 1.06. The number of hydrazine groups is 1. The number of nitrogens with zero attached hydrogens (tertiary/aromatic N) is 2. The van der Waals surface area contributed by atoms with Crippen molar-refractivity contribution in [3.8, 4) is 0 Å². The maximum atomic E-state index is 12.9. The molecule has 18 heavy (non-hydrogen) atoms. The van der Waals surface area contributed by atoms with Crippen LogP contribution in [0.3, 0.4) is 0 Å². The molecule has 0 aliphatic carbocycles. The zero-order chi connectivity index (χ0) is 13.9. The van der Waals surface area contributed by atoms with Gasteiger partial charge in [0.2, 0.25) is 0 Å². The Morgan fingerprint density at radius 1 is 1.44 bits per heavy atom. The lowest BCUT2D eigenvalue weighted by atomic mass is 10.2. The van der Waals surface area contributed by atoms with E-state index in [1.165, 1.54) is 5.43 Å². The van der Waals surface area contributed by atoms with Crippen LogP contribution < -0.4 is 11.2 Å². The summed E-state index contributed by atoms with van der Waals surface area (Å²) in [5, 5.41) is 8.94. The standard InChI is InChI=1S/C8H6F4N4O2/c9-6-2-1-4(3-5(6)8(10,11)12)14-7(13)15-16(17)18/h1-3H,(H3,13,14,15). The lowest BCUT2D eigenvalue weighted by Gasteiger charge is -2.08. The van der Waals surface area contributed by atoms with Gasteiger partial charge in [-0.2, -0.15) is 13.2 Å². The van der Waals surface area contributed by atoms with E-state index in [0.717, 1.165) is 6.07 Å². The van der Waals surface area contributed by atoms with Crippen molar-refractivity contribution >= 4 is 11.6 Å². The Bertz CT molecular complexity index is 500. The first-order chi connectivity index (χ1) is 8.20. The zero-order valence-electron chi connectivity index (χ0n) is 8.53. The molecule has 10 heteroatoms. The molecule has 0 saturated carbocycles. The van der Waals surface area contributed by atoms with E-state index in [4.69, 9.17) is 5.73 Å². The maximum absolute atomic E-state index is 12.9. The molecule has 0 amide bonds. The van der Waals surface area contributed by atoms with Crippen LogP contribution in [-0.2, 0) is 6.18 Å². The molecule has 6 nitrogen and oxygen atoms in total. The van der Waals surface area contributed by atoms with Crippen LogP contribution >= 0.6 is 0 Å². The first-order valence-corrected chi connectivity index (χ1v) is 4.32. The fraction of sp³-hybridized carbons (Fsp3) is 0.125. The van der Waals surface area contributed by atoms with Gasteiger partial charge in [0.25, 0.3) is 5.96 Å². The Labute approximate surface area is 97.2 Å². The number of hydrogen-bond acceptors (Lipinski definition) is 3. The lowest BCUT2D eigenvalue weighted by Crippen LogP contribution is -2.35. The highest BCUT2D eigenvalue weighted by molar-refractivity contribution is 5.79. The van der Waals surface area contributed by atoms with Gasteiger partial charge >= 0.3 is 6.18 Å². The van der Waals surface area contributed by atoms with Crippen LogP contribution in [0.4, 0.5) is 23.2 Å². The molecule has 1 aromatic carbocycles. The summed E-state index contributed by atoms with van der Waals surface area (Å²) in [4.78, 5) is 13.3. The SMILES string of the molecule is NC(=Nc1ccc(F)c(C(F)(F)F)c1)N[N+](=O)[O-]. The molecule has 0 bridgehead atoms. The monoisotopic (exact) mass is 266 g/mol. The van der Waals surface area contributed by atoms with Crippen LogP contribution in [0.2, 0.25) is 0 Å². The summed E-state index contributed by atoms with van der Waals surface area (Å²) in [6.07, 6.45) is -4.89. The normalized spacial score (nSPS) is 12.3. The second-order valence-electron chi connectivity index (χ2n) is 3.03. The number of halogens is 4. The van der Waals surface area contributed by atoms with Gasteiger partial charge in [0, 0.05) is 0 Å². The van der Waals surface area contributed by atoms with Crippen LogP contribution in [0.1, 0.15) is 5.56 Å². The fourth-order valence-electron chi connectivity index (χ4n) is 1.06. The summed E-state index contributed by atoms with van der Waals surface area (Å²) < 4.78 is 49.9. The third kappa shape index (κ3) is 3.57. The number of alkyl halides is 3. The molecular weight excluding hydrogens is 260 g/mol. The van der Waals surface area contributed by atoms with Crippen molar-refractivity contribution in [1.82, 2.24) is 5.43 Å². The molecule has 0 fully saturated rings. The molecule has 0 saturated heterocycles. The van der Waals surface area contributed by atoms with Gasteiger partial charge in [-0.15, -0.1) is 0 Å². The van der Waals surface area contributed by atoms with E-state index in [9.17, 15) is 27.7 Å². The van der Waals surface area contributed by atoms with E-state index in [0.29, 0.717) is 12.1 Å². The zero-order valence-corrected chi connectivity index (χ0v) is 8.53. The minimum Gasteiger partial charge on any atom is -0.365 e. The van der Waals surface area contributed by atoms with Gasteiger partial charge in [-0.1, -0.05) is 5.43 Å². The van der Waals surface area contributed by atoms with Crippen LogP contribution in [0.15, 0.2) is 23.2 Å². The van der Waals surface area contributed by atoms with E-state index in [1.54, 1.807) is 0 Å². The number of aliphatic imine (C=N–C) groups is 1. The summed E-state index contributed by atoms with van der Waals surface area (Å²) in [7, 11) is 0. The highest BCUT2D eigenvalue weighted by atomic mass is 19.4. The van der Waals surface area contributed by atoms with Crippen LogP contribution in [-0.4, -0.2) is 11.0 Å². The molecule has 1 aromatic rings. The molecule has 0 heterocycles. The number of nitro groups is 1. The topological polar surface area (TPSA) is 93.5 Å². The Balaban J connectivity index is 3.10. The molecule has 0 aromatic heterocycles. The highest BCUT2D eigenvalue weighted by Gasteiger charge is 2.34. The number of hydrogen-bond donors (Lipinski definition) is 2. The van der Waals surface area contributed by atoms with E-state index >= 15 is 0 Å². The molecule has 1 rings (SSSR count). The smallest absolute Gasteiger partial charge is 0.365 e. The Kier molecular flexibility index (Phi) is 3.69. The van der Waals surface area contributed by atoms with Crippen molar-refractivity contribution in [1.29, 1.82) is 0 Å². The Morgan fingerprint density at radius 3 is 2.56 bits per heavy atom. The molecular formula is C8H6F4N4O2. The quantitative estimate of drug-likeness (QED) is 0.279. The number of nitrogens with one attached hydrogen (secondary N) is 1. The molecule has 3 N–H and O–H groups in total. The number of nitrogens with two attached hydrogens (primary N) is 1. The third-order valence-electron chi connectivity index (χ3n) is 1.71. The predicted molar refractivity (Wildman–Crippen MR) is 52.8 cm³/mol. The van der Waals surface area contributed by atoms with Gasteiger partial charge in [-0.25, -0.2) is 19.5 Å². The Hall–Kier alpha value is -2.39. The van der Waals surface area contributed by atoms with Crippen molar-refractivity contribution in [2.75, 3.05) is 0 Å². The van der Waals surface area contributed by atoms with Gasteiger partial charge < -0.3 is 5.73 Å². The minimum atomic E-state index is -4.89. The van der Waals surface area contributed by atoms with Crippen LogP contribution in [0.25, 0.3) is 0 Å². The van der Waals surface area contributed by atoms with E-state index < -0.39 is 28.5 Å². The second-order valence-corrected chi connectivity index (χ2v) is 3.03. The van der Waals surface area contributed by atoms with Crippen LogP contribution in [0.5, 0.6) is 0 Å². The first-order valence-electron chi connectivity index (χ1n) is 4.32. The molecule has 0 aliphatic rings. The molecule has 0 spiro atoms. The van der Waals surface area contributed by atoms with Crippen LogP contribution in [0, 0.1) is 15.9 Å². The molecule has 98 valence electrons. The minimum absolute atomic E-state index is 0.365. The molecule has 0 radical (unpaired) electrons. The third-order valence-corrected chi connectivity index (χ3v) is 1.71. The average Bonchev–Trinajstić information content (AvgIpc) is 2.17. The molecule has 0 unspecified atom stereocenters. The van der Waals surface area contributed by atoms with E-state index in [1.807, 2.05) is 0 Å². The molecule has 0 atom stereocenters. The second kappa shape index (κ2) is 4.85. The van der Waals surface area contributed by atoms with Crippen molar-refractivity contribution in [3.63, 3.8) is 0 Å². The van der Waals surface area contributed by atoms with Crippen molar-refractivity contribution < 1.29 is 22.6 Å². The van der Waals surface area contributed by atoms with Gasteiger partial charge in [0.05, 0.1) is 11.3 Å². The summed E-state index contributed by atoms with van der Waals surface area (Å²) in [5.41, 5.74) is 4.57. The number of benzene rings is 1. The predicted octanol–water partition coefficient (Wildman–Crippen LogP) is 1.57. The van der Waals surface area contributed by atoms with Gasteiger partial charge in [0.15, 0.2) is 5.03 Å². The van der Waals surface area contributed by atoms with Gasteiger partial charge in [-0.05, 0) is 18.2 Å². The number of guanidine groups is 1. The van der Waals surface area contributed by atoms with Crippen molar-refractivity contribution in [2.45, 2.75) is 6.18 Å². The summed E-state index contributed by atoms with van der Waals surface area (Å²) >= 11 is 0. The highest BCUT2D eigenvalue weighted by Crippen LogP contribution is 2.33. The Morgan fingerprint density at radius 2 is 2.06 bits per heavy atom. The summed E-state index contributed by atoms with van der Waals surface area (Å²) in [6, 6.07) is 1.84. The number of rotatable bonds is 2. The molecule has 0 aliphatic heterocycles. The van der Waals surface area contributed by atoms with Gasteiger partial charge in [0.1, 0.15) is 5.82 Å². The average molecular weight is 266 g/mol. The lowest BCUT2D eigenvalue weighted by molar-refractivity contribution is -0.525.